The van der Waals surface area contributed by atoms with Crippen LogP contribution in [0.15, 0.2) is 46.6 Å². The zero-order valence-corrected chi connectivity index (χ0v) is 9.86. The van der Waals surface area contributed by atoms with Crippen LogP contribution in [0.5, 0.6) is 5.75 Å². The van der Waals surface area contributed by atoms with Crippen LogP contribution in [0.1, 0.15) is 0 Å². The molecule has 0 atom stereocenters. The van der Waals surface area contributed by atoms with Gasteiger partial charge in [-0.25, -0.2) is 8.42 Å². The molecule has 2 aromatic carbocycles. The summed E-state index contributed by atoms with van der Waals surface area (Å²) >= 11 is 0. The lowest BCUT2D eigenvalue weighted by Crippen LogP contribution is -1.98. The quantitative estimate of drug-likeness (QED) is 0.671. The van der Waals surface area contributed by atoms with Gasteiger partial charge in [-0.1, -0.05) is 24.3 Å². The van der Waals surface area contributed by atoms with Gasteiger partial charge < -0.3 is 4.84 Å². The average molecular weight is 250 g/mol. The number of rotatable bonds is 3. The number of fused-ring (bicyclic) bond motifs is 1. The van der Waals surface area contributed by atoms with E-state index in [4.69, 9.17) is 10.4 Å². The Morgan fingerprint density at radius 1 is 1.12 bits per heavy atom. The van der Waals surface area contributed by atoms with Crippen LogP contribution in [0, 0.1) is 5.53 Å². The molecule has 0 bridgehead atoms. The molecule has 2 aromatic rings. The molecular weight excluding hydrogens is 240 g/mol. The number of hydrogen-bond donors (Lipinski definition) is 1. The smallest absolute Gasteiger partial charge is 0.176 e. The van der Waals surface area contributed by atoms with E-state index >= 15 is 0 Å². The summed E-state index contributed by atoms with van der Waals surface area (Å²) in [4.78, 5) is 5.02. The Hall–Kier alpha value is -1.95. The summed E-state index contributed by atoms with van der Waals surface area (Å²) in [5.41, 5.74) is 6.68. The minimum Gasteiger partial charge on any atom is -0.339 e. The first-order chi connectivity index (χ1) is 8.04. The summed E-state index contributed by atoms with van der Waals surface area (Å²) in [7, 11) is -3.29. The van der Waals surface area contributed by atoms with Crippen LogP contribution in [0.3, 0.4) is 0 Å². The molecule has 0 heterocycles. The van der Waals surface area contributed by atoms with E-state index < -0.39 is 9.84 Å². The van der Waals surface area contributed by atoms with Crippen molar-refractivity contribution in [2.45, 2.75) is 4.90 Å². The number of nitrogens with zero attached hydrogens (tertiary/aromatic N) is 1. The normalized spacial score (nSPS) is 11.4. The predicted molar refractivity (Wildman–Crippen MR) is 62.8 cm³/mol. The predicted octanol–water partition coefficient (Wildman–Crippen LogP) is 2.57. The van der Waals surface area contributed by atoms with Crippen molar-refractivity contribution in [2.75, 3.05) is 6.26 Å². The van der Waals surface area contributed by atoms with Crippen LogP contribution in [0.4, 0.5) is 0 Å². The molecule has 2 rings (SSSR count). The molecule has 0 aromatic heterocycles. The van der Waals surface area contributed by atoms with Crippen LogP contribution in [-0.2, 0) is 9.84 Å². The van der Waals surface area contributed by atoms with Gasteiger partial charge in [0, 0.05) is 22.3 Å². The molecule has 88 valence electrons. The fourth-order valence-corrected chi connectivity index (χ4v) is 2.61. The molecule has 0 unspecified atom stereocenters. The molecule has 1 N–H and O–H groups in total. The number of benzene rings is 2. The highest BCUT2D eigenvalue weighted by molar-refractivity contribution is 7.91. The lowest BCUT2D eigenvalue weighted by molar-refractivity contribution is 0.302. The lowest BCUT2D eigenvalue weighted by atomic mass is 10.1. The first-order valence-corrected chi connectivity index (χ1v) is 6.69. The summed E-state index contributed by atoms with van der Waals surface area (Å²) in [6, 6.07) is 9.89. The summed E-state index contributed by atoms with van der Waals surface area (Å²) in [5.74, 6) is 0.364. The second kappa shape index (κ2) is 4.14. The second-order valence-corrected chi connectivity index (χ2v) is 5.55. The Balaban J connectivity index is 2.83. The zero-order chi connectivity index (χ0) is 12.5. The molecule has 5 nitrogen and oxygen atoms in total. The van der Waals surface area contributed by atoms with Crippen molar-refractivity contribution in [1.82, 2.24) is 0 Å². The minimum atomic E-state index is -3.29. The van der Waals surface area contributed by atoms with Crippen LogP contribution in [-0.4, -0.2) is 14.7 Å². The Labute approximate surface area is 98.4 Å². The maximum atomic E-state index is 11.6. The van der Waals surface area contributed by atoms with Crippen molar-refractivity contribution in [1.29, 1.82) is 5.53 Å². The third kappa shape index (κ3) is 2.12. The van der Waals surface area contributed by atoms with Crippen LogP contribution >= 0.6 is 0 Å². The molecule has 17 heavy (non-hydrogen) atoms. The second-order valence-electron chi connectivity index (χ2n) is 3.56. The highest BCUT2D eigenvalue weighted by Crippen LogP contribution is 2.30. The van der Waals surface area contributed by atoms with E-state index in [0.29, 0.717) is 16.5 Å². The third-order valence-corrected chi connectivity index (χ3v) is 3.54. The van der Waals surface area contributed by atoms with E-state index in [0.717, 1.165) is 6.26 Å². The molecule has 0 fully saturated rings. The molecule has 0 amide bonds. The van der Waals surface area contributed by atoms with Gasteiger partial charge in [-0.15, -0.1) is 0 Å². The van der Waals surface area contributed by atoms with Crippen molar-refractivity contribution < 1.29 is 13.3 Å². The monoisotopic (exact) mass is 250 g/mol. The molecule has 0 radical (unpaired) electrons. The van der Waals surface area contributed by atoms with Gasteiger partial charge >= 0.3 is 0 Å². The maximum absolute atomic E-state index is 11.6. The van der Waals surface area contributed by atoms with Crippen LogP contribution in [0.2, 0.25) is 0 Å². The first-order valence-electron chi connectivity index (χ1n) is 4.79. The van der Waals surface area contributed by atoms with Crippen LogP contribution in [0.25, 0.3) is 10.8 Å². The SMILES string of the molecule is CS(=O)(=O)c1cccc2c(ON=N)cccc12. The number of sulfone groups is 1. The highest BCUT2D eigenvalue weighted by atomic mass is 32.2. The summed E-state index contributed by atoms with van der Waals surface area (Å²) in [6.07, 6.45) is 1.16. The summed E-state index contributed by atoms with van der Waals surface area (Å²) in [6.45, 7) is 0. The van der Waals surface area contributed by atoms with Gasteiger partial charge in [-0.3, -0.25) is 0 Å². The molecule has 0 saturated carbocycles. The van der Waals surface area contributed by atoms with E-state index in [2.05, 4.69) is 5.28 Å². The maximum Gasteiger partial charge on any atom is 0.176 e. The standard InChI is InChI=1S/C11H10N2O3S/c1-17(14,15)11-7-3-4-8-9(11)5-2-6-10(8)16-13-12/h2-7,12H,1H3. The highest BCUT2D eigenvalue weighted by Gasteiger charge is 2.13. The zero-order valence-electron chi connectivity index (χ0n) is 9.04. The average Bonchev–Trinajstić information content (AvgIpc) is 2.28. The molecule has 6 heteroatoms. The summed E-state index contributed by atoms with van der Waals surface area (Å²) < 4.78 is 23.2. The van der Waals surface area contributed by atoms with Crippen molar-refractivity contribution >= 4 is 20.6 Å². The Morgan fingerprint density at radius 2 is 1.76 bits per heavy atom. The molecular formula is C11H10N2O3S. The minimum absolute atomic E-state index is 0.241. The van der Waals surface area contributed by atoms with Crippen molar-refractivity contribution in [3.05, 3.63) is 36.4 Å². The van der Waals surface area contributed by atoms with Gasteiger partial charge in [0.05, 0.1) is 4.90 Å². The molecule has 0 aliphatic carbocycles. The molecule has 0 aliphatic heterocycles. The Bertz CT molecular complexity index is 680. The van der Waals surface area contributed by atoms with Gasteiger partial charge in [-0.05, 0) is 12.1 Å². The van der Waals surface area contributed by atoms with Crippen molar-refractivity contribution in [3.8, 4) is 5.75 Å². The lowest BCUT2D eigenvalue weighted by Gasteiger charge is -2.06. The van der Waals surface area contributed by atoms with Crippen molar-refractivity contribution in [3.63, 3.8) is 0 Å². The van der Waals surface area contributed by atoms with E-state index in [-0.39, 0.29) is 4.90 Å². The van der Waals surface area contributed by atoms with Crippen molar-refractivity contribution in [2.24, 2.45) is 5.28 Å². The van der Waals surface area contributed by atoms with E-state index in [1.54, 1.807) is 36.4 Å². The Kier molecular flexibility index (Phi) is 2.81. The van der Waals surface area contributed by atoms with E-state index in [9.17, 15) is 8.42 Å². The summed E-state index contributed by atoms with van der Waals surface area (Å²) in [5, 5.41) is 4.03. The van der Waals surface area contributed by atoms with Crippen LogP contribution < -0.4 is 4.84 Å². The van der Waals surface area contributed by atoms with Gasteiger partial charge in [0.1, 0.15) is 0 Å². The van der Waals surface area contributed by atoms with Gasteiger partial charge in [0.2, 0.25) is 0 Å². The topological polar surface area (TPSA) is 79.6 Å². The largest absolute Gasteiger partial charge is 0.339 e. The van der Waals surface area contributed by atoms with Gasteiger partial charge in [-0.2, -0.15) is 5.53 Å². The number of hydrogen-bond acceptors (Lipinski definition) is 5. The third-order valence-electron chi connectivity index (χ3n) is 2.39. The molecule has 0 saturated heterocycles. The Morgan fingerprint density at radius 3 is 2.41 bits per heavy atom. The fraction of sp³-hybridized carbons (Fsp3) is 0.0909. The first kappa shape index (κ1) is 11.5. The van der Waals surface area contributed by atoms with Gasteiger partial charge in [0.15, 0.2) is 15.6 Å². The van der Waals surface area contributed by atoms with E-state index in [1.807, 2.05) is 0 Å². The molecule has 0 aliphatic rings. The molecule has 0 spiro atoms. The van der Waals surface area contributed by atoms with E-state index in [1.165, 1.54) is 0 Å². The fourth-order valence-electron chi connectivity index (χ4n) is 1.70. The number of nitrogens with one attached hydrogen (secondary N) is 1. The van der Waals surface area contributed by atoms with Gasteiger partial charge in [0.25, 0.3) is 0 Å².